The summed E-state index contributed by atoms with van der Waals surface area (Å²) in [4.78, 5) is 0. The number of hydrogen-bond donors (Lipinski definition) is 1. The molecule has 4 nitrogen and oxygen atoms in total. The Hall–Kier alpha value is 0.160. The molecule has 0 atom stereocenters. The van der Waals surface area contributed by atoms with Crippen molar-refractivity contribution in [2.24, 2.45) is 0 Å². The molecule has 88 valence electrons. The molecule has 6 heteroatoms. The van der Waals surface area contributed by atoms with Crippen molar-refractivity contribution in [3.05, 3.63) is 0 Å². The Balaban J connectivity index is 0. The topological polar surface area (TPSA) is 73.8 Å². The molecule has 0 rings (SSSR count). The highest BCUT2D eigenvalue weighted by Gasteiger charge is 1.86. The van der Waals surface area contributed by atoms with Crippen LogP contribution in [0.15, 0.2) is 0 Å². The fraction of sp³-hybridized carbons (Fsp3) is 1.00. The first-order valence-corrected chi connectivity index (χ1v) is 7.12. The first kappa shape index (κ1) is 16.6. The van der Waals surface area contributed by atoms with Gasteiger partial charge in [0.2, 0.25) is 0 Å². The van der Waals surface area contributed by atoms with Crippen molar-refractivity contribution < 1.29 is 18.3 Å². The van der Waals surface area contributed by atoms with Gasteiger partial charge in [-0.15, -0.1) is 0 Å². The highest BCUT2D eigenvalue weighted by Crippen LogP contribution is 1.82. The van der Waals surface area contributed by atoms with Gasteiger partial charge in [0.05, 0.1) is 13.1 Å². The van der Waals surface area contributed by atoms with Crippen LogP contribution in [0.3, 0.4) is 0 Å². The molecular formula is C8H20ClNO3S. The normalized spacial score (nSPS) is 10.6. The van der Waals surface area contributed by atoms with Crippen LogP contribution in [0.4, 0.5) is 0 Å². The van der Waals surface area contributed by atoms with Crippen LogP contribution in [0.5, 0.6) is 0 Å². The molecule has 0 saturated carbocycles. The summed E-state index contributed by atoms with van der Waals surface area (Å²) in [7, 11) is -0.498. The first-order valence-electron chi connectivity index (χ1n) is 4.89. The number of unbranched alkanes of at least 4 members (excludes halogenated alkanes) is 2. The van der Waals surface area contributed by atoms with Gasteiger partial charge < -0.3 is 9.87 Å². The fourth-order valence-electron chi connectivity index (χ4n) is 0.841. The minimum atomic E-state index is -4.44. The maximum Gasteiger partial charge on any atom is 0.181 e. The van der Waals surface area contributed by atoms with Crippen LogP contribution in [-0.2, 0) is 9.33 Å². The zero-order valence-corrected chi connectivity index (χ0v) is 10.4. The number of rotatable bonds is 6. The van der Waals surface area contributed by atoms with Gasteiger partial charge in [-0.2, -0.15) is 0 Å². The Morgan fingerprint density at radius 1 is 1.14 bits per heavy atom. The van der Waals surface area contributed by atoms with Crippen molar-refractivity contribution in [1.29, 1.82) is 0 Å². The van der Waals surface area contributed by atoms with E-state index in [9.17, 15) is 0 Å². The number of halogens is 1. The van der Waals surface area contributed by atoms with E-state index in [1.807, 2.05) is 0 Å². The molecule has 0 unspecified atom stereocenters. The number of nitrogens with two attached hydrogens (primary N) is 1. The third-order valence-electron chi connectivity index (χ3n) is 1.52. The molecule has 0 aromatic heterocycles. The average Bonchev–Trinajstić information content (AvgIpc) is 2.01. The third-order valence-corrected chi connectivity index (χ3v) is 1.52. The zero-order chi connectivity index (χ0) is 11.4. The molecule has 0 heterocycles. The van der Waals surface area contributed by atoms with Crippen LogP contribution in [0.1, 0.15) is 39.5 Å². The smallest absolute Gasteiger partial charge is 0.181 e. The lowest BCUT2D eigenvalue weighted by atomic mass is 10.3. The minimum Gasteiger partial charge on any atom is -0.735 e. The summed E-state index contributed by atoms with van der Waals surface area (Å²) < 4.78 is 26.5. The summed E-state index contributed by atoms with van der Waals surface area (Å²) >= 11 is 0. The number of hydrogen-bond acceptors (Lipinski definition) is 3. The van der Waals surface area contributed by atoms with E-state index in [0.29, 0.717) is 0 Å². The number of quaternary nitrogens is 1. The molecule has 0 aliphatic carbocycles. The van der Waals surface area contributed by atoms with E-state index in [1.54, 1.807) is 0 Å². The quantitative estimate of drug-likeness (QED) is 0.428. The maximum atomic E-state index is 8.84. The van der Waals surface area contributed by atoms with Gasteiger partial charge >= 0.3 is 0 Å². The van der Waals surface area contributed by atoms with E-state index in [-0.39, 0.29) is 0 Å². The van der Waals surface area contributed by atoms with Crippen LogP contribution in [0.2, 0.25) is 0 Å². The van der Waals surface area contributed by atoms with Gasteiger partial charge in [-0.05, 0) is 12.8 Å². The lowest BCUT2D eigenvalue weighted by Gasteiger charge is -1.96. The van der Waals surface area contributed by atoms with E-state index >= 15 is 0 Å². The summed E-state index contributed by atoms with van der Waals surface area (Å²) in [5.74, 6) is 0. The molecule has 0 aromatic carbocycles. The van der Waals surface area contributed by atoms with Gasteiger partial charge in [-0.1, -0.05) is 26.7 Å². The molecule has 2 N–H and O–H groups in total. The van der Waals surface area contributed by atoms with Crippen LogP contribution in [0.25, 0.3) is 0 Å². The highest BCUT2D eigenvalue weighted by atomic mass is 35.7. The molecule has 0 fully saturated rings. The van der Waals surface area contributed by atoms with Crippen molar-refractivity contribution in [3.8, 4) is 0 Å². The predicted octanol–water partition coefficient (Wildman–Crippen LogP) is 0.835. The van der Waals surface area contributed by atoms with E-state index in [4.69, 9.17) is 13.0 Å². The molecule has 0 radical (unpaired) electrons. The largest absolute Gasteiger partial charge is 0.735 e. The van der Waals surface area contributed by atoms with E-state index in [0.717, 1.165) is 0 Å². The van der Waals surface area contributed by atoms with Crippen LogP contribution < -0.4 is 5.32 Å². The fourth-order valence-corrected chi connectivity index (χ4v) is 0.841. The molecule has 0 aliphatic heterocycles. The van der Waals surface area contributed by atoms with Crippen LogP contribution >= 0.6 is 10.7 Å². The standard InChI is InChI=1S/C8H19N.ClHO3S/c1-3-5-7-9-8-6-4-2;1-5(2,3)4/h9H,3-8H2,1-2H3;(H,2,3,4). The second kappa shape index (κ2) is 11.2. The van der Waals surface area contributed by atoms with E-state index < -0.39 is 9.33 Å². The Bertz CT molecular complexity index is 181. The Kier molecular flexibility index (Phi) is 13.3. The lowest BCUT2D eigenvalue weighted by molar-refractivity contribution is -0.655. The van der Waals surface area contributed by atoms with Crippen molar-refractivity contribution >= 4 is 20.0 Å². The average molecular weight is 246 g/mol. The highest BCUT2D eigenvalue weighted by molar-refractivity contribution is 8.09. The predicted molar refractivity (Wildman–Crippen MR) is 57.0 cm³/mol. The SMILES string of the molecule is CCCC[NH2+]CCCC.O=S(=O)([O-])Cl. The maximum absolute atomic E-state index is 8.84. The summed E-state index contributed by atoms with van der Waals surface area (Å²) in [6.45, 7) is 7.15. The molecule has 0 saturated heterocycles. The Morgan fingerprint density at radius 3 is 1.64 bits per heavy atom. The molecule has 14 heavy (non-hydrogen) atoms. The summed E-state index contributed by atoms with van der Waals surface area (Å²) in [6, 6.07) is 0. The second-order valence-electron chi connectivity index (χ2n) is 2.97. The van der Waals surface area contributed by atoms with Gasteiger partial charge in [-0.3, -0.25) is 0 Å². The van der Waals surface area contributed by atoms with Crippen LogP contribution in [-0.4, -0.2) is 26.1 Å². The minimum absolute atomic E-state index is 1.33. The lowest BCUT2D eigenvalue weighted by Crippen LogP contribution is -2.84. The zero-order valence-electron chi connectivity index (χ0n) is 8.83. The van der Waals surface area contributed by atoms with Gasteiger partial charge in [0, 0.05) is 10.7 Å². The Morgan fingerprint density at radius 2 is 1.43 bits per heavy atom. The summed E-state index contributed by atoms with van der Waals surface area (Å²) in [5, 5.41) is 2.42. The first-order chi connectivity index (χ1) is 6.41. The molecule has 0 aromatic rings. The van der Waals surface area contributed by atoms with Crippen molar-refractivity contribution in [3.63, 3.8) is 0 Å². The molecule has 0 amide bonds. The Labute approximate surface area is 91.3 Å². The van der Waals surface area contributed by atoms with E-state index in [1.165, 1.54) is 38.8 Å². The molecule has 0 spiro atoms. The van der Waals surface area contributed by atoms with Gasteiger partial charge in [0.25, 0.3) is 0 Å². The van der Waals surface area contributed by atoms with Crippen molar-refractivity contribution in [1.82, 2.24) is 0 Å². The summed E-state index contributed by atoms with van der Waals surface area (Å²) in [5.41, 5.74) is 0. The second-order valence-corrected chi connectivity index (χ2v) is 4.89. The summed E-state index contributed by atoms with van der Waals surface area (Å²) in [6.07, 6.45) is 5.43. The monoisotopic (exact) mass is 245 g/mol. The molecule has 0 aliphatic rings. The van der Waals surface area contributed by atoms with Gasteiger partial charge in [0.15, 0.2) is 9.33 Å². The van der Waals surface area contributed by atoms with Crippen molar-refractivity contribution in [2.75, 3.05) is 13.1 Å². The molecular weight excluding hydrogens is 226 g/mol. The molecule has 0 bridgehead atoms. The third kappa shape index (κ3) is 39.9. The van der Waals surface area contributed by atoms with Crippen molar-refractivity contribution in [2.45, 2.75) is 39.5 Å². The van der Waals surface area contributed by atoms with E-state index in [2.05, 4.69) is 29.8 Å². The van der Waals surface area contributed by atoms with Gasteiger partial charge in [-0.25, -0.2) is 8.42 Å². The van der Waals surface area contributed by atoms with Crippen LogP contribution in [0, 0.1) is 0 Å². The van der Waals surface area contributed by atoms with Gasteiger partial charge in [0.1, 0.15) is 0 Å².